The van der Waals surface area contributed by atoms with E-state index in [1.807, 2.05) is 4.72 Å². The molecule has 1 unspecified atom stereocenters. The minimum Gasteiger partial charge on any atom is -0.367 e. The van der Waals surface area contributed by atoms with E-state index in [2.05, 4.69) is 10.3 Å². The van der Waals surface area contributed by atoms with Gasteiger partial charge >= 0.3 is 0 Å². The zero-order valence-corrected chi connectivity index (χ0v) is 17.1. The molecule has 0 saturated carbocycles. The number of pyridine rings is 1. The quantitative estimate of drug-likeness (QED) is 0.437. The van der Waals surface area contributed by atoms with Gasteiger partial charge in [-0.1, -0.05) is 6.07 Å². The summed E-state index contributed by atoms with van der Waals surface area (Å²) in [6, 6.07) is 8.42. The second-order valence-corrected chi connectivity index (χ2v) is 9.05. The van der Waals surface area contributed by atoms with Crippen molar-refractivity contribution in [1.29, 1.82) is 0 Å². The van der Waals surface area contributed by atoms with Crippen molar-refractivity contribution in [2.45, 2.75) is 9.77 Å². The number of hydrogen-bond donors (Lipinski definition) is 2. The topological polar surface area (TPSA) is 88.2 Å². The Hall–Kier alpha value is -3.11. The maximum Gasteiger partial charge on any atom is 0.261 e. The van der Waals surface area contributed by atoms with Crippen LogP contribution in [0.1, 0.15) is 15.9 Å². The molecule has 0 amide bonds. The van der Waals surface area contributed by atoms with Crippen molar-refractivity contribution in [2.75, 3.05) is 16.6 Å². The number of hydrogen-bond acceptors (Lipinski definition) is 5. The molecule has 0 bridgehead atoms. The van der Waals surface area contributed by atoms with E-state index in [9.17, 15) is 22.0 Å². The number of aromatic nitrogens is 1. The van der Waals surface area contributed by atoms with Gasteiger partial charge in [-0.05, 0) is 42.5 Å². The van der Waals surface area contributed by atoms with Gasteiger partial charge in [0.25, 0.3) is 10.0 Å². The van der Waals surface area contributed by atoms with Crippen molar-refractivity contribution in [2.24, 2.45) is 0 Å². The molecule has 2 N–H and O–H groups in total. The minimum atomic E-state index is -4.34. The number of carbonyl (C=O) groups excluding carboxylic acids is 1. The number of sulfonamides is 1. The van der Waals surface area contributed by atoms with Crippen LogP contribution in [0.5, 0.6) is 0 Å². The monoisotopic (exact) mass is 467 g/mol. The van der Waals surface area contributed by atoms with Gasteiger partial charge in [-0.2, -0.15) is 0 Å². The molecule has 0 aliphatic carbocycles. The fraction of sp³-hybridized carbons (Fsp3) is 0.100. The molecule has 1 aromatic heterocycles. The molecule has 11 heteroatoms. The predicted octanol–water partition coefficient (Wildman–Crippen LogP) is 4.04. The second-order valence-electron chi connectivity index (χ2n) is 6.73. The molecule has 31 heavy (non-hydrogen) atoms. The lowest BCUT2D eigenvalue weighted by molar-refractivity contribution is 0.0938. The average Bonchev–Trinajstić information content (AvgIpc) is 3.09. The number of ketones is 1. The molecule has 1 aliphatic rings. The molecule has 0 radical (unpaired) electrons. The van der Waals surface area contributed by atoms with Crippen LogP contribution in [0.25, 0.3) is 0 Å². The molecule has 3 aromatic rings. The number of nitrogens with zero attached hydrogens (tertiary/aromatic N) is 1. The number of anilines is 2. The largest absolute Gasteiger partial charge is 0.367 e. The summed E-state index contributed by atoms with van der Waals surface area (Å²) >= 11 is 6.47. The third kappa shape index (κ3) is 3.61. The van der Waals surface area contributed by atoms with E-state index < -0.39 is 49.4 Å². The Morgan fingerprint density at radius 2 is 1.81 bits per heavy atom. The summed E-state index contributed by atoms with van der Waals surface area (Å²) < 4.78 is 69.7. The van der Waals surface area contributed by atoms with Crippen LogP contribution >= 0.6 is 11.6 Å². The summed E-state index contributed by atoms with van der Waals surface area (Å²) in [6.07, 6.45) is 1.46. The van der Waals surface area contributed by atoms with E-state index in [-0.39, 0.29) is 17.0 Å². The summed E-state index contributed by atoms with van der Waals surface area (Å²) in [5.41, 5.74) is -1.41. The molecular weight excluding hydrogens is 455 g/mol. The van der Waals surface area contributed by atoms with Crippen LogP contribution in [-0.4, -0.2) is 25.7 Å². The van der Waals surface area contributed by atoms with Crippen LogP contribution in [0.2, 0.25) is 0 Å². The van der Waals surface area contributed by atoms with E-state index >= 15 is 4.39 Å². The minimum absolute atomic E-state index is 0.163. The zero-order valence-electron chi connectivity index (χ0n) is 15.5. The maximum atomic E-state index is 15.2. The lowest BCUT2D eigenvalue weighted by Crippen LogP contribution is -2.33. The average molecular weight is 468 g/mol. The van der Waals surface area contributed by atoms with E-state index in [0.717, 1.165) is 36.4 Å². The lowest BCUT2D eigenvalue weighted by Gasteiger charge is -2.21. The highest BCUT2D eigenvalue weighted by molar-refractivity contribution is 7.92. The molecule has 160 valence electrons. The third-order valence-corrected chi connectivity index (χ3v) is 6.67. The summed E-state index contributed by atoms with van der Waals surface area (Å²) in [5, 5.41) is 2.81. The van der Waals surface area contributed by atoms with Gasteiger partial charge < -0.3 is 5.32 Å². The molecule has 0 saturated heterocycles. The molecule has 1 atom stereocenters. The second kappa shape index (κ2) is 7.54. The predicted molar refractivity (Wildman–Crippen MR) is 108 cm³/mol. The van der Waals surface area contributed by atoms with E-state index in [1.54, 1.807) is 0 Å². The fourth-order valence-electron chi connectivity index (χ4n) is 3.22. The van der Waals surface area contributed by atoms with Crippen molar-refractivity contribution in [3.05, 3.63) is 83.3 Å². The number of fused-ring (bicyclic) bond motifs is 1. The number of rotatable bonds is 5. The van der Waals surface area contributed by atoms with Crippen molar-refractivity contribution >= 4 is 38.9 Å². The fourth-order valence-corrected chi connectivity index (χ4v) is 4.60. The summed E-state index contributed by atoms with van der Waals surface area (Å²) in [5.74, 6) is -4.07. The Balaban J connectivity index is 1.74. The van der Waals surface area contributed by atoms with Crippen LogP contribution in [-0.2, 0) is 14.9 Å². The normalized spacial score (nSPS) is 17.7. The van der Waals surface area contributed by atoms with Crippen molar-refractivity contribution in [3.63, 3.8) is 0 Å². The summed E-state index contributed by atoms with van der Waals surface area (Å²) in [4.78, 5) is 14.9. The van der Waals surface area contributed by atoms with Crippen molar-refractivity contribution < 1.29 is 26.4 Å². The highest BCUT2D eigenvalue weighted by Gasteiger charge is 2.47. The lowest BCUT2D eigenvalue weighted by atomic mass is 9.91. The first-order valence-corrected chi connectivity index (χ1v) is 10.7. The van der Waals surface area contributed by atoms with Crippen LogP contribution in [0.15, 0.2) is 59.6 Å². The number of halogens is 4. The maximum absolute atomic E-state index is 15.2. The first-order valence-electron chi connectivity index (χ1n) is 8.83. The molecule has 2 heterocycles. The molecule has 0 fully saturated rings. The molecule has 0 spiro atoms. The standard InChI is InChI=1S/C20H13ClF3N3O3S/c21-20(10-26-19-13(20)2-1-9-25-19)18(28)16-14(23)7-8-15(17(16)24)27-31(29,30)12-5-3-11(22)4-6-12/h1-9,27H,10H2,(H,25,26). The summed E-state index contributed by atoms with van der Waals surface area (Å²) in [7, 11) is -4.34. The zero-order chi connectivity index (χ0) is 22.4. The van der Waals surface area contributed by atoms with E-state index in [1.165, 1.54) is 18.3 Å². The number of nitrogens with one attached hydrogen (secondary N) is 2. The first-order chi connectivity index (χ1) is 14.6. The highest BCUT2D eigenvalue weighted by Crippen LogP contribution is 2.42. The Morgan fingerprint density at radius 3 is 2.52 bits per heavy atom. The SMILES string of the molecule is O=C(c1c(F)ccc(NS(=O)(=O)c2ccc(F)cc2)c1F)C1(Cl)CNc2ncccc21. The number of benzene rings is 2. The molecule has 6 nitrogen and oxygen atoms in total. The molecule has 1 aliphatic heterocycles. The van der Waals surface area contributed by atoms with Crippen LogP contribution in [0, 0.1) is 17.5 Å². The van der Waals surface area contributed by atoms with Gasteiger partial charge in [0.1, 0.15) is 17.5 Å². The Morgan fingerprint density at radius 1 is 1.10 bits per heavy atom. The van der Waals surface area contributed by atoms with Crippen molar-refractivity contribution in [1.82, 2.24) is 4.98 Å². The van der Waals surface area contributed by atoms with Crippen LogP contribution in [0.4, 0.5) is 24.7 Å². The van der Waals surface area contributed by atoms with E-state index in [4.69, 9.17) is 11.6 Å². The van der Waals surface area contributed by atoms with Gasteiger partial charge in [0.05, 0.1) is 16.1 Å². The van der Waals surface area contributed by atoms with E-state index in [0.29, 0.717) is 5.82 Å². The van der Waals surface area contributed by atoms with Gasteiger partial charge in [0, 0.05) is 18.3 Å². The Bertz CT molecular complexity index is 1300. The smallest absolute Gasteiger partial charge is 0.261 e. The van der Waals surface area contributed by atoms with Gasteiger partial charge in [-0.15, -0.1) is 11.6 Å². The van der Waals surface area contributed by atoms with Gasteiger partial charge in [0.15, 0.2) is 16.5 Å². The first kappa shape index (κ1) is 21.1. The number of alkyl halides is 1. The number of Topliss-reactive ketones (excluding diaryl/α,β-unsaturated/α-hetero) is 1. The van der Waals surface area contributed by atoms with Crippen LogP contribution in [0.3, 0.4) is 0 Å². The third-order valence-electron chi connectivity index (χ3n) is 4.78. The molecule has 4 rings (SSSR count). The Kier molecular flexibility index (Phi) is 5.14. The highest BCUT2D eigenvalue weighted by atomic mass is 35.5. The molecule has 2 aromatic carbocycles. The Labute approximate surface area is 180 Å². The van der Waals surface area contributed by atoms with Gasteiger partial charge in [-0.25, -0.2) is 26.6 Å². The number of carbonyl (C=O) groups is 1. The van der Waals surface area contributed by atoms with Crippen LogP contribution < -0.4 is 10.0 Å². The van der Waals surface area contributed by atoms with Crippen molar-refractivity contribution in [3.8, 4) is 0 Å². The molecular formula is C20H13ClF3N3O3S. The summed E-state index contributed by atoms with van der Waals surface area (Å²) in [6.45, 7) is -0.163. The van der Waals surface area contributed by atoms with Gasteiger partial charge in [-0.3, -0.25) is 9.52 Å². The van der Waals surface area contributed by atoms with Gasteiger partial charge in [0.2, 0.25) is 0 Å².